The van der Waals surface area contributed by atoms with E-state index in [0.29, 0.717) is 0 Å². The summed E-state index contributed by atoms with van der Waals surface area (Å²) in [6, 6.07) is 7.95. The molecule has 0 aliphatic rings. The Hall–Kier alpha value is -1.77. The molecule has 0 radical (unpaired) electrons. The van der Waals surface area contributed by atoms with E-state index in [1.807, 2.05) is 31.2 Å². The lowest BCUT2D eigenvalue weighted by atomic mass is 10.1. The molecule has 0 aliphatic heterocycles. The summed E-state index contributed by atoms with van der Waals surface area (Å²) in [6.07, 6.45) is 5.64. The summed E-state index contributed by atoms with van der Waals surface area (Å²) >= 11 is 0. The number of hydrogen-bond acceptors (Lipinski definition) is 1. The van der Waals surface area contributed by atoms with Crippen LogP contribution in [0.3, 0.4) is 0 Å². The number of benzene rings is 1. The second kappa shape index (κ2) is 7.49. The van der Waals surface area contributed by atoms with E-state index in [2.05, 4.69) is 23.6 Å². The molecule has 17 heavy (non-hydrogen) atoms. The van der Waals surface area contributed by atoms with Crippen molar-refractivity contribution in [3.63, 3.8) is 0 Å². The first-order valence-electron chi connectivity index (χ1n) is 6.00. The molecule has 0 aromatic heterocycles. The summed E-state index contributed by atoms with van der Waals surface area (Å²) in [5.74, 6) is 0. The smallest absolute Gasteiger partial charge is 0.318 e. The summed E-state index contributed by atoms with van der Waals surface area (Å²) in [4.78, 5) is 11.3. The quantitative estimate of drug-likeness (QED) is 0.753. The number of carbonyl (C=O) groups is 1. The second-order valence-corrected chi connectivity index (χ2v) is 4.00. The Bertz CT molecular complexity index is 386. The van der Waals surface area contributed by atoms with Crippen LogP contribution in [0.1, 0.15) is 30.9 Å². The molecule has 92 valence electrons. The Morgan fingerprint density at radius 3 is 2.94 bits per heavy atom. The van der Waals surface area contributed by atoms with Crippen LogP contribution in [0.2, 0.25) is 0 Å². The maximum absolute atomic E-state index is 11.3. The molecule has 3 nitrogen and oxygen atoms in total. The van der Waals surface area contributed by atoms with Gasteiger partial charge in [0, 0.05) is 12.7 Å². The van der Waals surface area contributed by atoms with E-state index in [9.17, 15) is 4.79 Å². The van der Waals surface area contributed by atoms with E-state index in [1.165, 1.54) is 5.56 Å². The predicted molar refractivity (Wildman–Crippen MR) is 71.7 cm³/mol. The van der Waals surface area contributed by atoms with Gasteiger partial charge in [0.25, 0.3) is 0 Å². The number of nitrogens with one attached hydrogen (secondary N) is 2. The third-order valence-electron chi connectivity index (χ3n) is 2.35. The highest BCUT2D eigenvalue weighted by atomic mass is 16.2. The number of amides is 2. The minimum Gasteiger partial charge on any atom is -0.338 e. The fraction of sp³-hybridized carbons (Fsp3) is 0.357. The lowest BCUT2D eigenvalue weighted by Gasteiger charge is -2.02. The van der Waals surface area contributed by atoms with Crippen LogP contribution >= 0.6 is 0 Å². The number of carbonyl (C=O) groups excluding carboxylic acids is 1. The largest absolute Gasteiger partial charge is 0.338 e. The highest BCUT2D eigenvalue weighted by molar-refractivity contribution is 5.75. The molecule has 0 bridgehead atoms. The van der Waals surface area contributed by atoms with Gasteiger partial charge in [0.2, 0.25) is 0 Å². The van der Waals surface area contributed by atoms with Crippen molar-refractivity contribution in [2.75, 3.05) is 6.54 Å². The van der Waals surface area contributed by atoms with Crippen molar-refractivity contribution in [1.29, 1.82) is 0 Å². The Kier molecular flexibility index (Phi) is 5.86. The third kappa shape index (κ3) is 5.76. The van der Waals surface area contributed by atoms with Gasteiger partial charge in [0.05, 0.1) is 0 Å². The standard InChI is InChI=1S/C14H20N2O/c1-3-4-9-15-14(17)16-10-8-13-7-5-6-12(2)11-13/h5-8,10-11H,3-4,9H2,1-2H3,(H2,15,16,17)/b10-8+. The number of hydrogen-bond donors (Lipinski definition) is 2. The first-order chi connectivity index (χ1) is 8.22. The van der Waals surface area contributed by atoms with Crippen molar-refractivity contribution in [2.24, 2.45) is 0 Å². The number of urea groups is 1. The molecule has 1 aromatic carbocycles. The molecule has 0 aliphatic carbocycles. The molecule has 0 atom stereocenters. The lowest BCUT2D eigenvalue weighted by molar-refractivity contribution is 0.244. The zero-order valence-corrected chi connectivity index (χ0v) is 10.5. The van der Waals surface area contributed by atoms with Crippen molar-refractivity contribution >= 4 is 12.1 Å². The Balaban J connectivity index is 2.32. The van der Waals surface area contributed by atoms with Crippen LogP contribution in [0.15, 0.2) is 30.5 Å². The van der Waals surface area contributed by atoms with Gasteiger partial charge >= 0.3 is 6.03 Å². The van der Waals surface area contributed by atoms with Crippen LogP contribution in [-0.2, 0) is 0 Å². The molecule has 0 fully saturated rings. The third-order valence-corrected chi connectivity index (χ3v) is 2.35. The molecular formula is C14H20N2O. The summed E-state index contributed by atoms with van der Waals surface area (Å²) in [5.41, 5.74) is 2.29. The molecular weight excluding hydrogens is 212 g/mol. The van der Waals surface area contributed by atoms with E-state index < -0.39 is 0 Å². The average Bonchev–Trinajstić information content (AvgIpc) is 2.29. The van der Waals surface area contributed by atoms with Crippen molar-refractivity contribution in [2.45, 2.75) is 26.7 Å². The van der Waals surface area contributed by atoms with E-state index in [1.54, 1.807) is 6.20 Å². The molecule has 0 saturated heterocycles. The van der Waals surface area contributed by atoms with Crippen LogP contribution in [0.4, 0.5) is 4.79 Å². The highest BCUT2D eigenvalue weighted by Crippen LogP contribution is 2.04. The molecule has 0 spiro atoms. The fourth-order valence-corrected chi connectivity index (χ4v) is 1.42. The van der Waals surface area contributed by atoms with E-state index in [4.69, 9.17) is 0 Å². The molecule has 1 rings (SSSR count). The van der Waals surface area contributed by atoms with Gasteiger partial charge < -0.3 is 10.6 Å². The molecule has 2 N–H and O–H groups in total. The van der Waals surface area contributed by atoms with Crippen LogP contribution in [0, 0.1) is 6.92 Å². The van der Waals surface area contributed by atoms with Gasteiger partial charge in [0.1, 0.15) is 0 Å². The second-order valence-electron chi connectivity index (χ2n) is 4.00. The Morgan fingerprint density at radius 2 is 2.24 bits per heavy atom. The summed E-state index contributed by atoms with van der Waals surface area (Å²) < 4.78 is 0. The molecule has 3 heteroatoms. The van der Waals surface area contributed by atoms with Gasteiger partial charge in [-0.15, -0.1) is 0 Å². The first-order valence-corrected chi connectivity index (χ1v) is 6.00. The van der Waals surface area contributed by atoms with Gasteiger partial charge in [-0.1, -0.05) is 43.2 Å². The van der Waals surface area contributed by atoms with Gasteiger partial charge in [-0.25, -0.2) is 4.79 Å². The molecule has 2 amide bonds. The molecule has 0 saturated carbocycles. The van der Waals surface area contributed by atoms with Crippen LogP contribution < -0.4 is 10.6 Å². The van der Waals surface area contributed by atoms with Gasteiger partial charge in [-0.2, -0.15) is 0 Å². The van der Waals surface area contributed by atoms with Crippen LogP contribution in [0.5, 0.6) is 0 Å². The van der Waals surface area contributed by atoms with Gasteiger partial charge in [0.15, 0.2) is 0 Å². The number of unbranched alkanes of at least 4 members (excludes halogenated alkanes) is 1. The summed E-state index contributed by atoms with van der Waals surface area (Å²) in [7, 11) is 0. The molecule has 1 aromatic rings. The zero-order chi connectivity index (χ0) is 12.5. The number of aryl methyl sites for hydroxylation is 1. The molecule has 0 heterocycles. The van der Waals surface area contributed by atoms with E-state index in [0.717, 1.165) is 24.9 Å². The number of rotatable bonds is 5. The normalized spacial score (nSPS) is 10.5. The van der Waals surface area contributed by atoms with Crippen molar-refractivity contribution < 1.29 is 4.79 Å². The van der Waals surface area contributed by atoms with Crippen molar-refractivity contribution in [3.8, 4) is 0 Å². The minimum absolute atomic E-state index is 0.151. The highest BCUT2D eigenvalue weighted by Gasteiger charge is 1.94. The van der Waals surface area contributed by atoms with Gasteiger partial charge in [-0.05, 0) is 25.0 Å². The summed E-state index contributed by atoms with van der Waals surface area (Å²) in [5, 5.41) is 5.46. The Labute approximate surface area is 103 Å². The maximum atomic E-state index is 11.3. The average molecular weight is 232 g/mol. The topological polar surface area (TPSA) is 41.1 Å². The van der Waals surface area contributed by atoms with Crippen molar-refractivity contribution in [3.05, 3.63) is 41.6 Å². The molecule has 0 unspecified atom stereocenters. The van der Waals surface area contributed by atoms with Crippen LogP contribution in [-0.4, -0.2) is 12.6 Å². The van der Waals surface area contributed by atoms with Crippen molar-refractivity contribution in [1.82, 2.24) is 10.6 Å². The predicted octanol–water partition coefficient (Wildman–Crippen LogP) is 3.07. The minimum atomic E-state index is -0.151. The summed E-state index contributed by atoms with van der Waals surface area (Å²) in [6.45, 7) is 4.86. The zero-order valence-electron chi connectivity index (χ0n) is 10.5. The van der Waals surface area contributed by atoms with E-state index in [-0.39, 0.29) is 6.03 Å². The van der Waals surface area contributed by atoms with Crippen LogP contribution in [0.25, 0.3) is 6.08 Å². The maximum Gasteiger partial charge on any atom is 0.318 e. The lowest BCUT2D eigenvalue weighted by Crippen LogP contribution is -2.32. The monoisotopic (exact) mass is 232 g/mol. The first kappa shape index (κ1) is 13.3. The van der Waals surface area contributed by atoms with E-state index >= 15 is 0 Å². The van der Waals surface area contributed by atoms with Gasteiger partial charge in [-0.3, -0.25) is 0 Å². The Morgan fingerprint density at radius 1 is 1.41 bits per heavy atom. The fourth-order valence-electron chi connectivity index (χ4n) is 1.42. The SMILES string of the molecule is CCCCNC(=O)N/C=C/c1cccc(C)c1.